The molecule has 0 aromatic heterocycles. The molecule has 2 aliphatic carbocycles. The van der Waals surface area contributed by atoms with Crippen molar-refractivity contribution in [1.82, 2.24) is 5.32 Å². The first-order chi connectivity index (χ1) is 9.56. The van der Waals surface area contributed by atoms with Gasteiger partial charge in [-0.3, -0.25) is 4.79 Å². The number of carbonyl (C=O) groups is 1. The summed E-state index contributed by atoms with van der Waals surface area (Å²) in [6.07, 6.45) is 3.46. The van der Waals surface area contributed by atoms with Crippen LogP contribution in [-0.4, -0.2) is 11.9 Å². The number of hydrogen-bond donors (Lipinski definition) is 2. The monoisotopic (exact) mass is 392 g/mol. The van der Waals surface area contributed by atoms with E-state index in [0.717, 1.165) is 22.9 Å². The summed E-state index contributed by atoms with van der Waals surface area (Å²) in [6.45, 7) is 0.464. The molecule has 2 bridgehead atoms. The minimum absolute atomic E-state index is 0. The summed E-state index contributed by atoms with van der Waals surface area (Å²) in [6, 6.07) is 5.73. The van der Waals surface area contributed by atoms with E-state index >= 15 is 0 Å². The van der Waals surface area contributed by atoms with Crippen molar-refractivity contribution in [1.29, 1.82) is 0 Å². The van der Waals surface area contributed by atoms with Crippen LogP contribution in [0.4, 0.5) is 0 Å². The molecule has 1 aromatic rings. The Morgan fingerprint density at radius 1 is 1.38 bits per heavy atom. The molecule has 3 nitrogen and oxygen atoms in total. The number of nitrogens with one attached hydrogen (secondary N) is 1. The minimum Gasteiger partial charge on any atom is -0.352 e. The van der Waals surface area contributed by atoms with Crippen LogP contribution in [0.25, 0.3) is 0 Å². The van der Waals surface area contributed by atoms with Gasteiger partial charge in [0.1, 0.15) is 0 Å². The second-order valence-corrected chi connectivity index (χ2v) is 7.21. The second-order valence-electron chi connectivity index (χ2n) is 5.89. The van der Waals surface area contributed by atoms with Gasteiger partial charge in [0.15, 0.2) is 0 Å². The molecule has 6 heteroatoms. The largest absolute Gasteiger partial charge is 0.352 e. The lowest BCUT2D eigenvalue weighted by atomic mass is 9.84. The zero-order valence-corrected chi connectivity index (χ0v) is 14.7. The van der Waals surface area contributed by atoms with Crippen molar-refractivity contribution in [2.75, 3.05) is 0 Å². The number of carbonyl (C=O) groups excluding carboxylic acids is 1. The van der Waals surface area contributed by atoms with Crippen LogP contribution in [0.1, 0.15) is 24.8 Å². The zero-order chi connectivity index (χ0) is 14.3. The number of fused-ring (bicyclic) bond motifs is 2. The van der Waals surface area contributed by atoms with Gasteiger partial charge < -0.3 is 11.1 Å². The van der Waals surface area contributed by atoms with E-state index in [4.69, 9.17) is 17.3 Å². The second kappa shape index (κ2) is 6.86. The Hall–Kier alpha value is -0.290. The van der Waals surface area contributed by atoms with Crippen molar-refractivity contribution in [2.24, 2.45) is 23.5 Å². The molecule has 3 N–H and O–H groups in total. The lowest BCUT2D eigenvalue weighted by Crippen LogP contribution is -2.45. The molecule has 0 saturated heterocycles. The van der Waals surface area contributed by atoms with E-state index in [1.807, 2.05) is 18.2 Å². The van der Waals surface area contributed by atoms with Gasteiger partial charge in [-0.25, -0.2) is 0 Å². The molecule has 1 amide bonds. The average Bonchev–Trinajstić information content (AvgIpc) is 2.98. The van der Waals surface area contributed by atoms with Gasteiger partial charge in [0, 0.05) is 22.1 Å². The Morgan fingerprint density at radius 2 is 2.10 bits per heavy atom. The van der Waals surface area contributed by atoms with E-state index < -0.39 is 0 Å². The fourth-order valence-corrected chi connectivity index (χ4v) is 4.43. The smallest absolute Gasteiger partial charge is 0.225 e. The predicted octanol–water partition coefficient (Wildman–Crippen LogP) is 3.51. The highest BCUT2D eigenvalue weighted by Gasteiger charge is 2.48. The van der Waals surface area contributed by atoms with E-state index in [2.05, 4.69) is 21.2 Å². The highest BCUT2D eigenvalue weighted by molar-refractivity contribution is 9.10. The molecule has 1 aromatic carbocycles. The average molecular weight is 394 g/mol. The number of benzene rings is 1. The van der Waals surface area contributed by atoms with Gasteiger partial charge >= 0.3 is 0 Å². The van der Waals surface area contributed by atoms with E-state index in [9.17, 15) is 4.79 Å². The summed E-state index contributed by atoms with van der Waals surface area (Å²) in [4.78, 5) is 12.4. The number of hydrogen-bond acceptors (Lipinski definition) is 2. The quantitative estimate of drug-likeness (QED) is 0.825. The predicted molar refractivity (Wildman–Crippen MR) is 90.5 cm³/mol. The van der Waals surface area contributed by atoms with Gasteiger partial charge in [-0.2, -0.15) is 0 Å². The van der Waals surface area contributed by atoms with Gasteiger partial charge in [0.25, 0.3) is 0 Å². The standard InChI is InChI=1S/C15H18BrClN2O.ClH/c16-11-4-3-10(12(17)6-11)7-19-15(20)13-8-1-2-9(5-8)14(13)18;/h3-4,6,8-9,13-14H,1-2,5,7,18H2,(H,19,20);1H. The highest BCUT2D eigenvalue weighted by Crippen LogP contribution is 2.47. The number of amides is 1. The van der Waals surface area contributed by atoms with E-state index in [1.54, 1.807) is 0 Å². The molecule has 2 aliphatic rings. The molecule has 4 unspecified atom stereocenters. The molecule has 4 atom stereocenters. The van der Waals surface area contributed by atoms with Gasteiger partial charge in [-0.05, 0) is 48.8 Å². The van der Waals surface area contributed by atoms with Crippen molar-refractivity contribution in [3.63, 3.8) is 0 Å². The summed E-state index contributed by atoms with van der Waals surface area (Å²) in [5, 5.41) is 3.66. The first-order valence-electron chi connectivity index (χ1n) is 7.03. The van der Waals surface area contributed by atoms with Crippen LogP contribution in [0.2, 0.25) is 5.02 Å². The van der Waals surface area contributed by atoms with E-state index in [-0.39, 0.29) is 30.3 Å². The lowest BCUT2D eigenvalue weighted by molar-refractivity contribution is -0.127. The van der Waals surface area contributed by atoms with Gasteiger partial charge in [-0.1, -0.05) is 33.6 Å². The third kappa shape index (κ3) is 3.39. The molecular formula is C15H19BrCl2N2O. The van der Waals surface area contributed by atoms with Crippen molar-refractivity contribution in [3.05, 3.63) is 33.3 Å². The van der Waals surface area contributed by atoms with Crippen molar-refractivity contribution < 1.29 is 4.79 Å². The maximum atomic E-state index is 12.4. The summed E-state index contributed by atoms with van der Waals surface area (Å²) in [5.74, 6) is 1.11. The Morgan fingerprint density at radius 3 is 2.71 bits per heavy atom. The molecule has 116 valence electrons. The summed E-state index contributed by atoms with van der Waals surface area (Å²) >= 11 is 9.53. The van der Waals surface area contributed by atoms with Crippen molar-refractivity contribution in [2.45, 2.75) is 31.8 Å². The van der Waals surface area contributed by atoms with Crippen LogP contribution in [0.3, 0.4) is 0 Å². The maximum absolute atomic E-state index is 12.4. The van der Waals surface area contributed by atoms with Gasteiger partial charge in [0.2, 0.25) is 5.91 Å². The molecule has 3 rings (SSSR count). The molecule has 0 spiro atoms. The third-order valence-corrected chi connectivity index (χ3v) is 5.60. The molecule has 0 aliphatic heterocycles. The Kier molecular flexibility index (Phi) is 5.58. The molecule has 2 fully saturated rings. The number of nitrogens with two attached hydrogens (primary N) is 1. The van der Waals surface area contributed by atoms with Crippen LogP contribution < -0.4 is 11.1 Å². The first-order valence-corrected chi connectivity index (χ1v) is 8.20. The molecule has 0 radical (unpaired) electrons. The van der Waals surface area contributed by atoms with Crippen LogP contribution in [0.15, 0.2) is 22.7 Å². The Balaban J connectivity index is 0.00000161. The number of rotatable bonds is 3. The maximum Gasteiger partial charge on any atom is 0.225 e. The van der Waals surface area contributed by atoms with Crippen molar-refractivity contribution >= 4 is 45.8 Å². The lowest BCUT2D eigenvalue weighted by Gasteiger charge is -2.27. The third-order valence-electron chi connectivity index (χ3n) is 4.75. The van der Waals surface area contributed by atoms with Crippen LogP contribution in [-0.2, 0) is 11.3 Å². The summed E-state index contributed by atoms with van der Waals surface area (Å²) in [7, 11) is 0. The van der Waals surface area contributed by atoms with E-state index in [1.165, 1.54) is 6.42 Å². The zero-order valence-electron chi connectivity index (χ0n) is 11.5. The Bertz CT molecular complexity index is 538. The molecule has 0 heterocycles. The number of halogens is 3. The summed E-state index contributed by atoms with van der Waals surface area (Å²) in [5.41, 5.74) is 7.12. The normalized spacial score (nSPS) is 30.0. The Labute approximate surface area is 144 Å². The molecule has 2 saturated carbocycles. The minimum atomic E-state index is -0.0111. The highest BCUT2D eigenvalue weighted by atomic mass is 79.9. The van der Waals surface area contributed by atoms with Crippen LogP contribution >= 0.6 is 39.9 Å². The topological polar surface area (TPSA) is 55.1 Å². The SMILES string of the molecule is Cl.NC1C2CCC(C2)C1C(=O)NCc1ccc(Br)cc1Cl. The summed E-state index contributed by atoms with van der Waals surface area (Å²) < 4.78 is 0.938. The fourth-order valence-electron chi connectivity index (χ4n) is 3.69. The molecular weight excluding hydrogens is 375 g/mol. The van der Waals surface area contributed by atoms with Gasteiger partial charge in [0.05, 0.1) is 5.92 Å². The fraction of sp³-hybridized carbons (Fsp3) is 0.533. The van der Waals surface area contributed by atoms with Gasteiger partial charge in [-0.15, -0.1) is 12.4 Å². The van der Waals surface area contributed by atoms with E-state index in [0.29, 0.717) is 23.4 Å². The molecule has 21 heavy (non-hydrogen) atoms. The van der Waals surface area contributed by atoms with Crippen LogP contribution in [0, 0.1) is 17.8 Å². The first kappa shape index (κ1) is 17.1. The van der Waals surface area contributed by atoms with Crippen LogP contribution in [0.5, 0.6) is 0 Å². The van der Waals surface area contributed by atoms with Crippen molar-refractivity contribution in [3.8, 4) is 0 Å².